The number of aromatic hydroxyl groups is 1. The third-order valence-corrected chi connectivity index (χ3v) is 10.5. The number of phenols is 1. The Kier molecular flexibility index (Phi) is 7.51. The molecule has 2 aliphatic heterocycles. The van der Waals surface area contributed by atoms with Gasteiger partial charge in [0.15, 0.2) is 9.84 Å². The van der Waals surface area contributed by atoms with Gasteiger partial charge in [-0.05, 0) is 48.7 Å². The molecule has 5 rings (SSSR count). The first kappa shape index (κ1) is 27.0. The SMILES string of the molecule is C[C@@H]1NC[C@@H](c2ccccc2)S(=O)(=O)C1Cc1ccc(N2CCN(c3ccc(C(=O)O)c(O)c3)CC2)cc1F. The van der Waals surface area contributed by atoms with Crippen LogP contribution >= 0.6 is 0 Å². The van der Waals surface area contributed by atoms with E-state index in [1.54, 1.807) is 12.1 Å². The molecule has 39 heavy (non-hydrogen) atoms. The summed E-state index contributed by atoms with van der Waals surface area (Å²) in [5.41, 5.74) is 2.42. The van der Waals surface area contributed by atoms with Crippen LogP contribution in [0.15, 0.2) is 66.7 Å². The van der Waals surface area contributed by atoms with E-state index in [0.29, 0.717) is 38.3 Å². The van der Waals surface area contributed by atoms with E-state index in [1.165, 1.54) is 18.2 Å². The van der Waals surface area contributed by atoms with Crippen LogP contribution in [0.25, 0.3) is 0 Å². The first-order valence-electron chi connectivity index (χ1n) is 13.0. The number of anilines is 2. The van der Waals surface area contributed by atoms with Crippen molar-refractivity contribution < 1.29 is 27.8 Å². The maximum Gasteiger partial charge on any atom is 0.339 e. The van der Waals surface area contributed by atoms with Gasteiger partial charge in [0, 0.05) is 56.2 Å². The number of halogens is 1. The second kappa shape index (κ2) is 10.9. The van der Waals surface area contributed by atoms with Gasteiger partial charge in [-0.3, -0.25) is 0 Å². The van der Waals surface area contributed by atoms with Gasteiger partial charge in [-0.2, -0.15) is 0 Å². The number of carbonyl (C=O) groups is 1. The zero-order valence-corrected chi connectivity index (χ0v) is 22.4. The zero-order valence-electron chi connectivity index (χ0n) is 21.6. The number of piperazine rings is 1. The Hall–Kier alpha value is -3.63. The number of carboxylic acid groups (broad SMARTS) is 1. The van der Waals surface area contributed by atoms with E-state index in [0.717, 1.165) is 16.9 Å². The number of carboxylic acids is 1. The molecule has 0 radical (unpaired) electrons. The smallest absolute Gasteiger partial charge is 0.339 e. The lowest BCUT2D eigenvalue weighted by Crippen LogP contribution is -2.53. The molecule has 2 aliphatic rings. The van der Waals surface area contributed by atoms with E-state index in [2.05, 4.69) is 10.2 Å². The van der Waals surface area contributed by atoms with Gasteiger partial charge in [0.1, 0.15) is 17.1 Å². The lowest BCUT2D eigenvalue weighted by Gasteiger charge is -2.38. The molecule has 3 aromatic rings. The van der Waals surface area contributed by atoms with Gasteiger partial charge in [0.2, 0.25) is 0 Å². The summed E-state index contributed by atoms with van der Waals surface area (Å²) in [4.78, 5) is 15.2. The number of nitrogens with one attached hydrogen (secondary N) is 1. The highest BCUT2D eigenvalue weighted by molar-refractivity contribution is 7.92. The third-order valence-electron chi connectivity index (χ3n) is 7.85. The third kappa shape index (κ3) is 5.44. The van der Waals surface area contributed by atoms with Gasteiger partial charge >= 0.3 is 5.97 Å². The Bertz CT molecular complexity index is 1460. The van der Waals surface area contributed by atoms with Crippen molar-refractivity contribution in [3.05, 3.63) is 89.2 Å². The van der Waals surface area contributed by atoms with E-state index in [-0.39, 0.29) is 23.8 Å². The normalized spacial score (nSPS) is 23.0. The molecule has 2 fully saturated rings. The number of hydrogen-bond donors (Lipinski definition) is 3. The molecule has 0 amide bonds. The highest BCUT2D eigenvalue weighted by atomic mass is 32.2. The minimum absolute atomic E-state index is 0.0928. The van der Waals surface area contributed by atoms with Gasteiger partial charge in [-0.1, -0.05) is 36.4 Å². The summed E-state index contributed by atoms with van der Waals surface area (Å²) in [6, 6.07) is 18.4. The van der Waals surface area contributed by atoms with Crippen molar-refractivity contribution in [2.75, 3.05) is 42.5 Å². The lowest BCUT2D eigenvalue weighted by molar-refractivity contribution is 0.0693. The fourth-order valence-corrected chi connectivity index (χ4v) is 7.90. The van der Waals surface area contributed by atoms with Crippen molar-refractivity contribution in [3.63, 3.8) is 0 Å². The Morgan fingerprint density at radius 3 is 2.18 bits per heavy atom. The van der Waals surface area contributed by atoms with Crippen LogP contribution in [0.5, 0.6) is 5.75 Å². The van der Waals surface area contributed by atoms with Gasteiger partial charge in [-0.25, -0.2) is 17.6 Å². The monoisotopic (exact) mass is 553 g/mol. The molecular weight excluding hydrogens is 521 g/mol. The predicted octanol–water partition coefficient (Wildman–Crippen LogP) is 3.62. The highest BCUT2D eigenvalue weighted by Gasteiger charge is 2.42. The van der Waals surface area contributed by atoms with Crippen LogP contribution in [0, 0.1) is 5.82 Å². The molecule has 0 bridgehead atoms. The summed E-state index contributed by atoms with van der Waals surface area (Å²) in [6.07, 6.45) is 0.0928. The minimum Gasteiger partial charge on any atom is -0.507 e. The molecule has 3 aromatic carbocycles. The largest absolute Gasteiger partial charge is 0.507 e. The van der Waals surface area contributed by atoms with Crippen molar-refractivity contribution in [1.82, 2.24) is 5.32 Å². The number of aromatic carboxylic acids is 1. The maximum atomic E-state index is 15.3. The van der Waals surface area contributed by atoms with Crippen LogP contribution in [0.4, 0.5) is 15.8 Å². The number of benzene rings is 3. The van der Waals surface area contributed by atoms with Crippen molar-refractivity contribution >= 4 is 27.2 Å². The Morgan fingerprint density at radius 1 is 0.974 bits per heavy atom. The topological polar surface area (TPSA) is 110 Å². The van der Waals surface area contributed by atoms with Gasteiger partial charge in [0.05, 0.1) is 10.5 Å². The summed E-state index contributed by atoms with van der Waals surface area (Å²) in [6.45, 7) is 4.61. The molecule has 3 N–H and O–H groups in total. The maximum absolute atomic E-state index is 15.3. The number of rotatable bonds is 6. The summed E-state index contributed by atoms with van der Waals surface area (Å²) < 4.78 is 42.4. The van der Waals surface area contributed by atoms with Crippen LogP contribution < -0.4 is 15.1 Å². The first-order valence-corrected chi connectivity index (χ1v) is 14.6. The number of sulfone groups is 1. The molecule has 0 saturated carbocycles. The van der Waals surface area contributed by atoms with E-state index < -0.39 is 32.1 Å². The molecular formula is C29H32FN3O5S. The Morgan fingerprint density at radius 2 is 1.59 bits per heavy atom. The van der Waals surface area contributed by atoms with Crippen LogP contribution in [0.1, 0.15) is 33.7 Å². The average molecular weight is 554 g/mol. The molecule has 206 valence electrons. The molecule has 2 saturated heterocycles. The second-order valence-corrected chi connectivity index (χ2v) is 12.5. The van der Waals surface area contributed by atoms with Crippen molar-refractivity contribution in [3.8, 4) is 5.75 Å². The summed E-state index contributed by atoms with van der Waals surface area (Å²) in [7, 11) is -3.55. The fourth-order valence-electron chi connectivity index (χ4n) is 5.54. The van der Waals surface area contributed by atoms with E-state index in [4.69, 9.17) is 5.11 Å². The van der Waals surface area contributed by atoms with E-state index in [1.807, 2.05) is 48.2 Å². The van der Waals surface area contributed by atoms with Crippen molar-refractivity contribution in [2.24, 2.45) is 0 Å². The first-order chi connectivity index (χ1) is 18.6. The molecule has 8 nitrogen and oxygen atoms in total. The molecule has 2 heterocycles. The van der Waals surface area contributed by atoms with Crippen LogP contribution in [0.3, 0.4) is 0 Å². The molecule has 1 unspecified atom stereocenters. The van der Waals surface area contributed by atoms with E-state index in [9.17, 15) is 18.3 Å². The van der Waals surface area contributed by atoms with Crippen LogP contribution in [-0.4, -0.2) is 68.6 Å². The highest BCUT2D eigenvalue weighted by Crippen LogP contribution is 2.33. The zero-order chi connectivity index (χ0) is 27.7. The minimum atomic E-state index is -3.55. The van der Waals surface area contributed by atoms with Gasteiger partial charge in [0.25, 0.3) is 0 Å². The Balaban J connectivity index is 1.26. The summed E-state index contributed by atoms with van der Waals surface area (Å²) in [5.74, 6) is -1.88. The average Bonchev–Trinajstić information content (AvgIpc) is 2.92. The van der Waals surface area contributed by atoms with Crippen LogP contribution in [-0.2, 0) is 16.3 Å². The van der Waals surface area contributed by atoms with E-state index >= 15 is 4.39 Å². The Labute approximate surface area is 227 Å². The fraction of sp³-hybridized carbons (Fsp3) is 0.345. The summed E-state index contributed by atoms with van der Waals surface area (Å²) in [5, 5.41) is 21.0. The van der Waals surface area contributed by atoms with Gasteiger partial charge in [-0.15, -0.1) is 0 Å². The molecule has 0 aromatic heterocycles. The standard InChI is InChI=1S/C29H32FN3O5S/c1-19-27(39(37,38)28(18-31-19)20-5-3-2-4-6-20)15-21-7-8-22(16-25(21)30)32-11-13-33(14-12-32)23-9-10-24(29(35)36)26(34)17-23/h2-10,16-17,19,27-28,31,34H,11-15,18H2,1H3,(H,35,36)/t19-,27?,28-/m0/s1. The molecule has 0 aliphatic carbocycles. The summed E-state index contributed by atoms with van der Waals surface area (Å²) >= 11 is 0. The van der Waals surface area contributed by atoms with Crippen molar-refractivity contribution in [1.29, 1.82) is 0 Å². The predicted molar refractivity (Wildman–Crippen MR) is 149 cm³/mol. The lowest BCUT2D eigenvalue weighted by atomic mass is 10.0. The molecule has 3 atom stereocenters. The second-order valence-electron chi connectivity index (χ2n) is 10.2. The molecule has 0 spiro atoms. The van der Waals surface area contributed by atoms with Gasteiger partial charge < -0.3 is 25.3 Å². The number of hydrogen-bond acceptors (Lipinski definition) is 7. The molecule has 10 heteroatoms. The quantitative estimate of drug-likeness (QED) is 0.425. The number of nitrogens with zero attached hydrogens (tertiary/aromatic N) is 2. The van der Waals surface area contributed by atoms with Crippen LogP contribution in [0.2, 0.25) is 0 Å². The van der Waals surface area contributed by atoms with Crippen molar-refractivity contribution in [2.45, 2.75) is 29.9 Å².